The van der Waals surface area contributed by atoms with Crippen LogP contribution < -0.4 is 19.5 Å². The van der Waals surface area contributed by atoms with Crippen molar-refractivity contribution in [3.63, 3.8) is 0 Å². The lowest BCUT2D eigenvalue weighted by Gasteiger charge is -2.38. The summed E-state index contributed by atoms with van der Waals surface area (Å²) in [6.07, 6.45) is 1.08. The van der Waals surface area contributed by atoms with Crippen molar-refractivity contribution in [1.82, 2.24) is 5.32 Å². The molecule has 1 aliphatic heterocycles. The molecule has 2 aliphatic rings. The molecule has 1 aromatic carbocycles. The van der Waals surface area contributed by atoms with Crippen LogP contribution in [0.3, 0.4) is 0 Å². The lowest BCUT2D eigenvalue weighted by atomic mass is 9.69. The normalized spacial score (nSPS) is 21.7. The fourth-order valence-corrected chi connectivity index (χ4v) is 4.81. The van der Waals surface area contributed by atoms with E-state index >= 15 is 0 Å². The number of allylic oxidation sites excluding steroid dienone is 3. The van der Waals surface area contributed by atoms with Gasteiger partial charge in [-0.25, -0.2) is 4.79 Å². The average Bonchev–Trinajstić information content (AvgIpc) is 2.85. The molecular weight excluding hydrogens is 454 g/mol. The van der Waals surface area contributed by atoms with Crippen LogP contribution >= 0.6 is 0 Å². The third-order valence-electron chi connectivity index (χ3n) is 6.45. The van der Waals surface area contributed by atoms with Crippen molar-refractivity contribution in [1.29, 1.82) is 0 Å². The topological polar surface area (TPSA) is 109 Å². The predicted molar refractivity (Wildman–Crippen MR) is 127 cm³/mol. The van der Waals surface area contributed by atoms with Crippen molar-refractivity contribution in [2.75, 3.05) is 35.0 Å². The number of carbonyl (C=O) groups excluding carboxylic acids is 3. The van der Waals surface area contributed by atoms with Gasteiger partial charge in [0.05, 0.1) is 46.5 Å². The van der Waals surface area contributed by atoms with Crippen molar-refractivity contribution in [3.8, 4) is 17.2 Å². The number of dihydropyridines is 1. The van der Waals surface area contributed by atoms with Gasteiger partial charge in [0, 0.05) is 28.6 Å². The molecule has 190 valence electrons. The highest BCUT2D eigenvalue weighted by Crippen LogP contribution is 2.49. The Morgan fingerprint density at radius 2 is 1.66 bits per heavy atom. The number of ether oxygens (including phenoxy) is 5. The Bertz CT molecular complexity index is 1090. The molecule has 3 atom stereocenters. The Morgan fingerprint density at radius 1 is 1.03 bits per heavy atom. The van der Waals surface area contributed by atoms with Crippen LogP contribution in [0.4, 0.5) is 0 Å². The zero-order chi connectivity index (χ0) is 25.9. The monoisotopic (exact) mass is 487 g/mol. The van der Waals surface area contributed by atoms with Gasteiger partial charge in [-0.2, -0.15) is 0 Å². The van der Waals surface area contributed by atoms with Crippen molar-refractivity contribution < 1.29 is 38.1 Å². The summed E-state index contributed by atoms with van der Waals surface area (Å²) >= 11 is 0. The largest absolute Gasteiger partial charge is 0.496 e. The summed E-state index contributed by atoms with van der Waals surface area (Å²) in [5, 5.41) is 3.24. The number of rotatable bonds is 8. The van der Waals surface area contributed by atoms with E-state index in [1.807, 2.05) is 13.8 Å². The van der Waals surface area contributed by atoms with Crippen molar-refractivity contribution in [2.45, 2.75) is 39.5 Å². The summed E-state index contributed by atoms with van der Waals surface area (Å²) in [6.45, 7) is 5.73. The van der Waals surface area contributed by atoms with Gasteiger partial charge in [0.15, 0.2) is 17.3 Å². The van der Waals surface area contributed by atoms with Crippen molar-refractivity contribution in [2.24, 2.45) is 11.8 Å². The molecule has 1 heterocycles. The lowest BCUT2D eigenvalue weighted by molar-refractivity contribution is -0.151. The van der Waals surface area contributed by atoms with Gasteiger partial charge in [0.1, 0.15) is 11.7 Å². The minimum atomic E-state index is -0.986. The van der Waals surface area contributed by atoms with Gasteiger partial charge in [-0.3, -0.25) is 9.59 Å². The van der Waals surface area contributed by atoms with E-state index in [-0.39, 0.29) is 18.1 Å². The Hall–Kier alpha value is -3.49. The fraction of sp³-hybridized carbons (Fsp3) is 0.500. The molecule has 9 heteroatoms. The molecule has 0 saturated heterocycles. The molecule has 0 bridgehead atoms. The summed E-state index contributed by atoms with van der Waals surface area (Å²) in [5.41, 5.74) is 2.35. The van der Waals surface area contributed by atoms with E-state index in [0.29, 0.717) is 52.6 Å². The molecular formula is C26H33NO8. The fourth-order valence-electron chi connectivity index (χ4n) is 4.81. The van der Waals surface area contributed by atoms with E-state index < -0.39 is 29.6 Å². The molecule has 0 aromatic heterocycles. The maximum Gasteiger partial charge on any atom is 0.336 e. The zero-order valence-corrected chi connectivity index (χ0v) is 21.3. The molecule has 0 fully saturated rings. The van der Waals surface area contributed by atoms with E-state index in [4.69, 9.17) is 23.7 Å². The van der Waals surface area contributed by atoms with Crippen LogP contribution in [0.2, 0.25) is 0 Å². The van der Waals surface area contributed by atoms with Crippen LogP contribution in [0.15, 0.2) is 34.7 Å². The first-order valence-corrected chi connectivity index (χ1v) is 11.5. The number of ketones is 1. The van der Waals surface area contributed by atoms with Crippen LogP contribution in [0, 0.1) is 11.8 Å². The number of Topliss-reactive ketones (excluding diaryl/α,β-unsaturated/α-hetero) is 1. The maximum atomic E-state index is 13.9. The first kappa shape index (κ1) is 26.1. The highest BCUT2D eigenvalue weighted by molar-refractivity contribution is 6.12. The molecule has 35 heavy (non-hydrogen) atoms. The van der Waals surface area contributed by atoms with Gasteiger partial charge in [-0.05, 0) is 31.7 Å². The highest BCUT2D eigenvalue weighted by atomic mass is 16.5. The van der Waals surface area contributed by atoms with Gasteiger partial charge in [0.2, 0.25) is 0 Å². The number of hydrogen-bond acceptors (Lipinski definition) is 9. The number of benzene rings is 1. The summed E-state index contributed by atoms with van der Waals surface area (Å²) in [7, 11) is 5.76. The maximum absolute atomic E-state index is 13.9. The van der Waals surface area contributed by atoms with Crippen LogP contribution in [-0.4, -0.2) is 52.8 Å². The molecule has 1 aromatic rings. The van der Waals surface area contributed by atoms with Crippen LogP contribution in [-0.2, 0) is 23.9 Å². The van der Waals surface area contributed by atoms with Crippen LogP contribution in [0.1, 0.15) is 45.1 Å². The van der Waals surface area contributed by atoms with E-state index in [1.165, 1.54) is 28.4 Å². The second kappa shape index (κ2) is 10.8. The van der Waals surface area contributed by atoms with Gasteiger partial charge in [-0.15, -0.1) is 0 Å². The number of nitrogens with one attached hydrogen (secondary N) is 1. The van der Waals surface area contributed by atoms with Crippen LogP contribution in [0.5, 0.6) is 17.2 Å². The Kier molecular flexibility index (Phi) is 8.09. The van der Waals surface area contributed by atoms with E-state index in [0.717, 1.165) is 0 Å². The standard InChI is InChI=1S/C26H33NO8/c1-8-9-35-26(30)21-14(3)27-16-10-13(2)20(25(29)34-7)24(28)23(16)22(21)15-11-18(32-5)19(33-6)12-17(15)31-4/h11-13,20,22,27H,8-10H2,1-7H3/t13-,20+,22+/m1/s1. The first-order chi connectivity index (χ1) is 16.7. The molecule has 0 amide bonds. The molecule has 0 unspecified atom stereocenters. The van der Waals surface area contributed by atoms with E-state index in [2.05, 4.69) is 5.32 Å². The third kappa shape index (κ3) is 4.72. The van der Waals surface area contributed by atoms with E-state index in [9.17, 15) is 14.4 Å². The molecule has 9 nitrogen and oxygen atoms in total. The number of carbonyl (C=O) groups is 3. The molecule has 0 saturated carbocycles. The van der Waals surface area contributed by atoms with Crippen LogP contribution in [0.25, 0.3) is 0 Å². The zero-order valence-electron chi connectivity index (χ0n) is 21.3. The number of hydrogen-bond donors (Lipinski definition) is 1. The quantitative estimate of drug-likeness (QED) is 0.436. The van der Waals surface area contributed by atoms with E-state index in [1.54, 1.807) is 19.1 Å². The predicted octanol–water partition coefficient (Wildman–Crippen LogP) is 3.28. The van der Waals surface area contributed by atoms with Gasteiger partial charge in [-0.1, -0.05) is 13.8 Å². The molecule has 1 aliphatic carbocycles. The number of methoxy groups -OCH3 is 4. The van der Waals surface area contributed by atoms with Gasteiger partial charge >= 0.3 is 11.9 Å². The van der Waals surface area contributed by atoms with Gasteiger partial charge < -0.3 is 29.0 Å². The second-order valence-electron chi connectivity index (χ2n) is 8.62. The molecule has 0 spiro atoms. The Balaban J connectivity index is 2.30. The average molecular weight is 488 g/mol. The summed E-state index contributed by atoms with van der Waals surface area (Å²) < 4.78 is 27.0. The van der Waals surface area contributed by atoms with Gasteiger partial charge in [0.25, 0.3) is 0 Å². The Morgan fingerprint density at radius 3 is 2.23 bits per heavy atom. The highest BCUT2D eigenvalue weighted by Gasteiger charge is 2.48. The summed E-state index contributed by atoms with van der Waals surface area (Å²) in [4.78, 5) is 39.7. The first-order valence-electron chi connectivity index (χ1n) is 11.5. The third-order valence-corrected chi connectivity index (χ3v) is 6.45. The lowest BCUT2D eigenvalue weighted by Crippen LogP contribution is -2.43. The molecule has 0 radical (unpaired) electrons. The summed E-state index contributed by atoms with van der Waals surface area (Å²) in [6, 6.07) is 3.34. The second-order valence-corrected chi connectivity index (χ2v) is 8.62. The number of esters is 2. The summed E-state index contributed by atoms with van der Waals surface area (Å²) in [5.74, 6) is -2.43. The van der Waals surface area contributed by atoms with Crippen molar-refractivity contribution >= 4 is 17.7 Å². The molecule has 1 N–H and O–H groups in total. The minimum absolute atomic E-state index is 0.229. The smallest absolute Gasteiger partial charge is 0.336 e. The van der Waals surface area contributed by atoms with Crippen molar-refractivity contribution in [3.05, 3.63) is 40.2 Å². The Labute approximate surface area is 205 Å². The molecule has 3 rings (SSSR count). The SMILES string of the molecule is CCCOC(=O)C1=C(C)NC2=C(C(=O)[C@@H](C(=O)OC)[C@H](C)C2)[C@H]1c1cc(OC)c(OC)cc1OC. The minimum Gasteiger partial charge on any atom is -0.496 e.